The molecule has 36 heavy (non-hydrogen) atoms. The molecule has 2 N–H and O–H groups in total. The number of anilines is 1. The van der Waals surface area contributed by atoms with E-state index in [1.54, 1.807) is 6.20 Å². The summed E-state index contributed by atoms with van der Waals surface area (Å²) >= 11 is 5.79. The van der Waals surface area contributed by atoms with Crippen molar-refractivity contribution in [3.05, 3.63) is 114 Å². The second-order valence-electron chi connectivity index (χ2n) is 9.13. The molecule has 0 unspecified atom stereocenters. The van der Waals surface area contributed by atoms with Gasteiger partial charge in [0.2, 0.25) is 5.91 Å². The molecule has 1 aliphatic rings. The summed E-state index contributed by atoms with van der Waals surface area (Å²) in [6.07, 6.45) is 4.19. The van der Waals surface area contributed by atoms with Crippen molar-refractivity contribution in [2.45, 2.75) is 32.4 Å². The molecule has 4 aromatic rings. The average molecular weight is 496 g/mol. The predicted molar refractivity (Wildman–Crippen MR) is 147 cm³/mol. The van der Waals surface area contributed by atoms with Gasteiger partial charge in [-0.3, -0.25) is 9.78 Å². The number of hydrogen-bond donors (Lipinski definition) is 2. The van der Waals surface area contributed by atoms with Gasteiger partial charge in [-0.05, 0) is 85.7 Å². The summed E-state index contributed by atoms with van der Waals surface area (Å²) < 4.78 is 2.20. The van der Waals surface area contributed by atoms with E-state index in [0.717, 1.165) is 28.3 Å². The maximum atomic E-state index is 12.8. The van der Waals surface area contributed by atoms with Gasteiger partial charge in [0.15, 0.2) is 5.11 Å². The zero-order valence-corrected chi connectivity index (χ0v) is 21.2. The van der Waals surface area contributed by atoms with Crippen LogP contribution in [0.15, 0.2) is 91.3 Å². The SMILES string of the molecule is Cc1cccc(NC(=O)CCN2C(=S)N[C@@H](c3ccccn3)[C@@H]2c2cccn2-c2cccc(C)c2)c1. The number of nitrogens with one attached hydrogen (secondary N) is 2. The zero-order chi connectivity index (χ0) is 25.1. The van der Waals surface area contributed by atoms with Crippen molar-refractivity contribution in [3.63, 3.8) is 0 Å². The first-order chi connectivity index (χ1) is 17.5. The Kier molecular flexibility index (Phi) is 6.82. The number of aryl methyl sites for hydroxylation is 2. The van der Waals surface area contributed by atoms with E-state index in [9.17, 15) is 4.79 Å². The first kappa shape index (κ1) is 23.8. The summed E-state index contributed by atoms with van der Waals surface area (Å²) in [6.45, 7) is 4.58. The summed E-state index contributed by atoms with van der Waals surface area (Å²) in [5.74, 6) is -0.0440. The van der Waals surface area contributed by atoms with Gasteiger partial charge >= 0.3 is 0 Å². The Bertz CT molecular complexity index is 1380. The summed E-state index contributed by atoms with van der Waals surface area (Å²) in [7, 11) is 0. The standard InChI is InChI=1S/C29H29N5OS/c1-20-8-5-10-22(18-20)31-26(35)14-17-34-28(27(32-29(34)36)24-12-3-4-15-30-24)25-13-7-16-33(25)23-11-6-9-21(2)19-23/h3-13,15-16,18-19,27-28H,14,17H2,1-2H3,(H,31,35)(H,32,36)/t27-,28-/m0/s1. The van der Waals surface area contributed by atoms with Crippen LogP contribution in [0.1, 0.15) is 41.0 Å². The van der Waals surface area contributed by atoms with Crippen molar-refractivity contribution in [3.8, 4) is 5.69 Å². The lowest BCUT2D eigenvalue weighted by Gasteiger charge is -2.29. The summed E-state index contributed by atoms with van der Waals surface area (Å²) in [6, 6.07) is 26.1. The number of carbonyl (C=O) groups excluding carboxylic acids is 1. The Morgan fingerprint density at radius 3 is 2.56 bits per heavy atom. The van der Waals surface area contributed by atoms with Gasteiger partial charge in [0.25, 0.3) is 0 Å². The topological polar surface area (TPSA) is 62.2 Å². The molecule has 5 rings (SSSR count). The third-order valence-electron chi connectivity index (χ3n) is 6.44. The highest BCUT2D eigenvalue weighted by atomic mass is 32.1. The van der Waals surface area contributed by atoms with Gasteiger partial charge in [-0.1, -0.05) is 30.3 Å². The van der Waals surface area contributed by atoms with Crippen LogP contribution < -0.4 is 10.6 Å². The van der Waals surface area contributed by atoms with Crippen molar-refractivity contribution in [1.82, 2.24) is 19.8 Å². The van der Waals surface area contributed by atoms with Gasteiger partial charge in [-0.25, -0.2) is 0 Å². The Morgan fingerprint density at radius 1 is 1.00 bits per heavy atom. The van der Waals surface area contributed by atoms with Crippen LogP contribution in [0.3, 0.4) is 0 Å². The lowest BCUT2D eigenvalue weighted by Crippen LogP contribution is -2.33. The molecule has 0 radical (unpaired) electrons. The summed E-state index contributed by atoms with van der Waals surface area (Å²) in [5, 5.41) is 7.11. The van der Waals surface area contributed by atoms with Crippen LogP contribution in [0.25, 0.3) is 5.69 Å². The molecule has 3 heterocycles. The summed E-state index contributed by atoms with van der Waals surface area (Å²) in [5.41, 5.74) is 6.19. The molecular weight excluding hydrogens is 466 g/mol. The molecule has 182 valence electrons. The van der Waals surface area contributed by atoms with E-state index in [1.165, 1.54) is 5.56 Å². The van der Waals surface area contributed by atoms with Gasteiger partial charge in [0.1, 0.15) is 0 Å². The molecule has 1 fully saturated rings. The fourth-order valence-corrected chi connectivity index (χ4v) is 5.12. The predicted octanol–water partition coefficient (Wildman–Crippen LogP) is 5.49. The molecule has 1 amide bonds. The highest BCUT2D eigenvalue weighted by molar-refractivity contribution is 7.80. The van der Waals surface area contributed by atoms with E-state index in [1.807, 2.05) is 49.4 Å². The smallest absolute Gasteiger partial charge is 0.226 e. The lowest BCUT2D eigenvalue weighted by atomic mass is 10.0. The Hall–Kier alpha value is -3.97. The van der Waals surface area contributed by atoms with E-state index in [0.29, 0.717) is 18.1 Å². The molecule has 1 saturated heterocycles. The van der Waals surface area contributed by atoms with Crippen molar-refractivity contribution < 1.29 is 4.79 Å². The van der Waals surface area contributed by atoms with Crippen LogP contribution in [0.2, 0.25) is 0 Å². The quantitative estimate of drug-likeness (QED) is 0.332. The van der Waals surface area contributed by atoms with Crippen molar-refractivity contribution in [2.24, 2.45) is 0 Å². The van der Waals surface area contributed by atoms with Crippen molar-refractivity contribution >= 4 is 28.9 Å². The molecule has 0 spiro atoms. The van der Waals surface area contributed by atoms with Crippen LogP contribution in [0, 0.1) is 13.8 Å². The van der Waals surface area contributed by atoms with Crippen LogP contribution in [-0.2, 0) is 4.79 Å². The largest absolute Gasteiger partial charge is 0.352 e. The Balaban J connectivity index is 1.44. The number of nitrogens with zero attached hydrogens (tertiary/aromatic N) is 3. The second-order valence-corrected chi connectivity index (χ2v) is 9.52. The van der Waals surface area contributed by atoms with Gasteiger partial charge in [-0.2, -0.15) is 0 Å². The van der Waals surface area contributed by atoms with Crippen LogP contribution in [0.5, 0.6) is 0 Å². The number of rotatable bonds is 7. The van der Waals surface area contributed by atoms with Crippen molar-refractivity contribution in [2.75, 3.05) is 11.9 Å². The molecule has 0 bridgehead atoms. The number of hydrogen-bond acceptors (Lipinski definition) is 3. The number of carbonyl (C=O) groups is 1. The van der Waals surface area contributed by atoms with E-state index < -0.39 is 0 Å². The van der Waals surface area contributed by atoms with Gasteiger partial charge in [0, 0.05) is 42.4 Å². The van der Waals surface area contributed by atoms with Crippen molar-refractivity contribution in [1.29, 1.82) is 0 Å². The van der Waals surface area contributed by atoms with Crippen LogP contribution in [0.4, 0.5) is 5.69 Å². The molecule has 7 heteroatoms. The molecule has 2 aromatic heterocycles. The lowest BCUT2D eigenvalue weighted by molar-refractivity contribution is -0.116. The van der Waals surface area contributed by atoms with E-state index in [-0.39, 0.29) is 18.0 Å². The molecular formula is C29H29N5OS. The highest BCUT2D eigenvalue weighted by Gasteiger charge is 2.41. The maximum Gasteiger partial charge on any atom is 0.226 e. The number of benzene rings is 2. The van der Waals surface area contributed by atoms with Gasteiger partial charge in [0.05, 0.1) is 17.8 Å². The molecule has 0 aliphatic carbocycles. The average Bonchev–Trinajstić information content (AvgIpc) is 3.47. The monoisotopic (exact) mass is 495 g/mol. The molecule has 0 saturated carbocycles. The third-order valence-corrected chi connectivity index (χ3v) is 6.79. The molecule has 2 atom stereocenters. The first-order valence-electron chi connectivity index (χ1n) is 12.1. The van der Waals surface area contributed by atoms with E-state index in [4.69, 9.17) is 12.2 Å². The highest BCUT2D eigenvalue weighted by Crippen LogP contribution is 2.39. The van der Waals surface area contributed by atoms with Crippen LogP contribution >= 0.6 is 12.2 Å². The third kappa shape index (κ3) is 5.02. The van der Waals surface area contributed by atoms with Crippen LogP contribution in [-0.4, -0.2) is 32.0 Å². The fourth-order valence-electron chi connectivity index (χ4n) is 4.78. The molecule has 1 aliphatic heterocycles. The van der Waals surface area contributed by atoms with E-state index in [2.05, 4.69) is 74.6 Å². The fraction of sp³-hybridized carbons (Fsp3) is 0.207. The second kappa shape index (κ2) is 10.3. The Labute approximate surface area is 217 Å². The molecule has 6 nitrogen and oxygen atoms in total. The zero-order valence-electron chi connectivity index (χ0n) is 20.4. The number of amides is 1. The summed E-state index contributed by atoms with van der Waals surface area (Å²) in [4.78, 5) is 19.6. The minimum atomic E-state index is -0.142. The molecule has 2 aromatic carbocycles. The normalized spacial score (nSPS) is 17.2. The maximum absolute atomic E-state index is 12.8. The first-order valence-corrected chi connectivity index (χ1v) is 12.5. The van der Waals surface area contributed by atoms with Gasteiger partial charge < -0.3 is 20.1 Å². The minimum Gasteiger partial charge on any atom is -0.352 e. The minimum absolute atomic E-state index is 0.0440. The van der Waals surface area contributed by atoms with Gasteiger partial charge in [-0.15, -0.1) is 0 Å². The number of pyridine rings is 1. The number of thiocarbonyl (C=S) groups is 1. The number of aromatic nitrogens is 2. The van der Waals surface area contributed by atoms with E-state index >= 15 is 0 Å². The Morgan fingerprint density at radius 2 is 1.81 bits per heavy atom.